The summed E-state index contributed by atoms with van der Waals surface area (Å²) < 4.78 is 13.0. The first-order chi connectivity index (χ1) is 7.18. The Bertz CT molecular complexity index is 340. The molecule has 0 unspecified atom stereocenters. The van der Waals surface area contributed by atoms with Gasteiger partial charge in [-0.25, -0.2) is 4.39 Å². The summed E-state index contributed by atoms with van der Waals surface area (Å²) in [7, 11) is 0. The number of rotatable bonds is 2. The second-order valence-corrected chi connectivity index (χ2v) is 4.28. The van der Waals surface area contributed by atoms with Gasteiger partial charge in [-0.3, -0.25) is 0 Å². The Labute approximate surface area is 101 Å². The highest BCUT2D eigenvalue weighted by Crippen LogP contribution is 2.23. The monoisotopic (exact) mass is 245 g/mol. The second kappa shape index (κ2) is 5.62. The Kier molecular flexibility index (Phi) is 4.71. The van der Waals surface area contributed by atoms with Gasteiger partial charge in [0.05, 0.1) is 5.60 Å². The average molecular weight is 246 g/mol. The van der Waals surface area contributed by atoms with Crippen molar-refractivity contribution < 1.29 is 9.50 Å². The van der Waals surface area contributed by atoms with Crippen LogP contribution in [0.25, 0.3) is 0 Å². The quantitative estimate of drug-likeness (QED) is 0.834. The minimum atomic E-state index is -0.654. The van der Waals surface area contributed by atoms with Gasteiger partial charge in [0.1, 0.15) is 5.82 Å². The zero-order valence-electron chi connectivity index (χ0n) is 9.08. The topological polar surface area (TPSA) is 32.3 Å². The normalized spacial score (nSPS) is 18.9. The maximum absolute atomic E-state index is 13.0. The maximum atomic E-state index is 13.0. The van der Waals surface area contributed by atoms with Crippen LogP contribution in [-0.2, 0) is 6.42 Å². The molecule has 0 aromatic heterocycles. The molecule has 1 fully saturated rings. The van der Waals surface area contributed by atoms with Crippen molar-refractivity contribution in [3.05, 3.63) is 35.6 Å². The Morgan fingerprint density at radius 3 is 2.62 bits per heavy atom. The van der Waals surface area contributed by atoms with Gasteiger partial charge >= 0.3 is 0 Å². The molecule has 16 heavy (non-hydrogen) atoms. The molecule has 0 atom stereocenters. The molecule has 0 amide bonds. The molecular formula is C12H17ClFNO. The van der Waals surface area contributed by atoms with Gasteiger partial charge in [0.25, 0.3) is 0 Å². The van der Waals surface area contributed by atoms with Crippen molar-refractivity contribution in [1.29, 1.82) is 0 Å². The van der Waals surface area contributed by atoms with Crippen molar-refractivity contribution in [1.82, 2.24) is 5.32 Å². The van der Waals surface area contributed by atoms with Crippen molar-refractivity contribution in [3.63, 3.8) is 0 Å². The number of halogens is 2. The molecule has 0 aliphatic carbocycles. The van der Waals surface area contributed by atoms with Gasteiger partial charge in [0.15, 0.2) is 0 Å². The fraction of sp³-hybridized carbons (Fsp3) is 0.500. The van der Waals surface area contributed by atoms with Crippen LogP contribution in [0, 0.1) is 5.82 Å². The van der Waals surface area contributed by atoms with Crippen molar-refractivity contribution in [3.8, 4) is 0 Å². The molecule has 2 N–H and O–H groups in total. The van der Waals surface area contributed by atoms with Gasteiger partial charge < -0.3 is 10.4 Å². The summed E-state index contributed by atoms with van der Waals surface area (Å²) in [4.78, 5) is 0. The fourth-order valence-corrected chi connectivity index (χ4v) is 2.10. The van der Waals surface area contributed by atoms with E-state index in [0.717, 1.165) is 31.5 Å². The molecule has 1 aliphatic rings. The number of aliphatic hydroxyl groups is 1. The van der Waals surface area contributed by atoms with Gasteiger partial charge in [0, 0.05) is 6.42 Å². The predicted octanol–water partition coefficient (Wildman–Crippen LogP) is 1.90. The number of hydrogen-bond acceptors (Lipinski definition) is 2. The third-order valence-electron chi connectivity index (χ3n) is 2.96. The van der Waals surface area contributed by atoms with Gasteiger partial charge in [0.2, 0.25) is 0 Å². The molecule has 0 spiro atoms. The minimum Gasteiger partial charge on any atom is -0.389 e. The first-order valence-corrected chi connectivity index (χ1v) is 5.36. The van der Waals surface area contributed by atoms with E-state index >= 15 is 0 Å². The summed E-state index contributed by atoms with van der Waals surface area (Å²) >= 11 is 0. The van der Waals surface area contributed by atoms with Gasteiger partial charge in [-0.05, 0) is 43.6 Å². The number of hydrogen-bond donors (Lipinski definition) is 2. The summed E-state index contributed by atoms with van der Waals surface area (Å²) in [6.45, 7) is 1.68. The average Bonchev–Trinajstić information content (AvgIpc) is 2.18. The highest BCUT2D eigenvalue weighted by atomic mass is 35.5. The molecule has 0 bridgehead atoms. The van der Waals surface area contributed by atoms with E-state index in [-0.39, 0.29) is 18.2 Å². The molecule has 0 saturated carbocycles. The lowest BCUT2D eigenvalue weighted by atomic mass is 9.86. The highest BCUT2D eigenvalue weighted by Gasteiger charge is 2.29. The largest absolute Gasteiger partial charge is 0.389 e. The summed E-state index contributed by atoms with van der Waals surface area (Å²) in [5.41, 5.74) is 0.221. The summed E-state index contributed by atoms with van der Waals surface area (Å²) in [6, 6.07) is 6.48. The number of piperidine rings is 1. The first kappa shape index (κ1) is 13.4. The molecule has 1 aliphatic heterocycles. The van der Waals surface area contributed by atoms with Gasteiger partial charge in [-0.15, -0.1) is 12.4 Å². The number of benzene rings is 1. The Balaban J connectivity index is 0.00000128. The fourth-order valence-electron chi connectivity index (χ4n) is 2.10. The van der Waals surface area contributed by atoms with E-state index < -0.39 is 5.60 Å². The molecule has 4 heteroatoms. The van der Waals surface area contributed by atoms with E-state index in [9.17, 15) is 9.50 Å². The van der Waals surface area contributed by atoms with E-state index in [1.54, 1.807) is 6.07 Å². The van der Waals surface area contributed by atoms with E-state index in [1.165, 1.54) is 12.1 Å². The van der Waals surface area contributed by atoms with Crippen molar-refractivity contribution in [2.24, 2.45) is 0 Å². The Morgan fingerprint density at radius 1 is 1.31 bits per heavy atom. The van der Waals surface area contributed by atoms with Crippen LogP contribution in [0.15, 0.2) is 24.3 Å². The molecule has 1 aromatic rings. The van der Waals surface area contributed by atoms with Crippen LogP contribution in [0.4, 0.5) is 4.39 Å². The highest BCUT2D eigenvalue weighted by molar-refractivity contribution is 5.85. The van der Waals surface area contributed by atoms with E-state index in [0.29, 0.717) is 6.42 Å². The standard InChI is InChI=1S/C12H16FNO.ClH/c13-11-3-1-2-10(8-11)9-12(15)4-6-14-7-5-12;/h1-3,8,14-15H,4-7,9H2;1H. The van der Waals surface area contributed by atoms with Crippen molar-refractivity contribution in [2.45, 2.75) is 24.9 Å². The second-order valence-electron chi connectivity index (χ2n) is 4.28. The summed E-state index contributed by atoms with van der Waals surface area (Å²) in [5.74, 6) is -0.231. The molecule has 0 radical (unpaired) electrons. The van der Waals surface area contributed by atoms with E-state index in [2.05, 4.69) is 5.32 Å². The van der Waals surface area contributed by atoms with Crippen LogP contribution in [0.1, 0.15) is 18.4 Å². The zero-order chi connectivity index (χ0) is 10.7. The SMILES string of the molecule is Cl.OC1(Cc2cccc(F)c2)CCNCC1. The molecule has 2 rings (SSSR count). The predicted molar refractivity (Wildman–Crippen MR) is 64.4 cm³/mol. The molecular weight excluding hydrogens is 229 g/mol. The van der Waals surface area contributed by atoms with Crippen molar-refractivity contribution in [2.75, 3.05) is 13.1 Å². The Hall–Kier alpha value is -0.640. The third kappa shape index (κ3) is 3.44. The van der Waals surface area contributed by atoms with Gasteiger partial charge in [-0.2, -0.15) is 0 Å². The van der Waals surface area contributed by atoms with Gasteiger partial charge in [-0.1, -0.05) is 12.1 Å². The van der Waals surface area contributed by atoms with Crippen LogP contribution < -0.4 is 5.32 Å². The Morgan fingerprint density at radius 2 is 2.00 bits per heavy atom. The lowest BCUT2D eigenvalue weighted by Crippen LogP contribution is -2.43. The molecule has 1 saturated heterocycles. The molecule has 1 aromatic carbocycles. The summed E-state index contributed by atoms with van der Waals surface area (Å²) in [6.07, 6.45) is 2.03. The van der Waals surface area contributed by atoms with Crippen molar-refractivity contribution >= 4 is 12.4 Å². The minimum absolute atomic E-state index is 0. The van der Waals surface area contributed by atoms with E-state index in [1.807, 2.05) is 6.07 Å². The zero-order valence-corrected chi connectivity index (χ0v) is 9.89. The van der Waals surface area contributed by atoms with Crippen LogP contribution in [0.3, 0.4) is 0 Å². The van der Waals surface area contributed by atoms with E-state index in [4.69, 9.17) is 0 Å². The van der Waals surface area contributed by atoms with Crippen LogP contribution >= 0.6 is 12.4 Å². The maximum Gasteiger partial charge on any atom is 0.123 e. The first-order valence-electron chi connectivity index (χ1n) is 5.36. The van der Waals surface area contributed by atoms with Crippen LogP contribution in [0.2, 0.25) is 0 Å². The molecule has 90 valence electrons. The van der Waals surface area contributed by atoms with Crippen LogP contribution in [0.5, 0.6) is 0 Å². The summed E-state index contributed by atoms with van der Waals surface area (Å²) in [5, 5.41) is 13.5. The smallest absolute Gasteiger partial charge is 0.123 e. The lowest BCUT2D eigenvalue weighted by molar-refractivity contribution is 0.0108. The number of nitrogens with one attached hydrogen (secondary N) is 1. The molecule has 2 nitrogen and oxygen atoms in total. The molecule has 1 heterocycles. The third-order valence-corrected chi connectivity index (χ3v) is 2.96. The lowest BCUT2D eigenvalue weighted by Gasteiger charge is -2.32. The van der Waals surface area contributed by atoms with Crippen LogP contribution in [-0.4, -0.2) is 23.8 Å².